The number of rotatable bonds is 11. The highest BCUT2D eigenvalue weighted by molar-refractivity contribution is 7.92. The Bertz CT molecular complexity index is 1430. The molecular formula is C28H32ClN3O6S. The van der Waals surface area contributed by atoms with E-state index in [1.165, 1.54) is 44.4 Å². The minimum absolute atomic E-state index is 0.0113. The first kappa shape index (κ1) is 29.8. The molecule has 3 aromatic rings. The number of aryl methyl sites for hydroxylation is 1. The molecule has 11 heteroatoms. The van der Waals surface area contributed by atoms with Gasteiger partial charge in [-0.05, 0) is 49.7 Å². The van der Waals surface area contributed by atoms with Crippen LogP contribution >= 0.6 is 11.6 Å². The summed E-state index contributed by atoms with van der Waals surface area (Å²) in [5, 5.41) is 2.96. The Kier molecular flexibility index (Phi) is 9.82. The largest absolute Gasteiger partial charge is 0.497 e. The van der Waals surface area contributed by atoms with Gasteiger partial charge < -0.3 is 19.7 Å². The van der Waals surface area contributed by atoms with Crippen molar-refractivity contribution in [1.29, 1.82) is 0 Å². The third-order valence-electron chi connectivity index (χ3n) is 6.25. The standard InChI is InChI=1S/C28H32ClN3O6S/c1-19-10-13-23(14-11-19)39(35,36)32(25-16-22(37-4)12-15-26(25)38-5)18-27(33)31(20(2)28(34)30-3)17-21-8-6-7-9-24(21)29/h6-16,20H,17-18H2,1-5H3,(H,30,34). The van der Waals surface area contributed by atoms with Crippen LogP contribution in [0.5, 0.6) is 11.5 Å². The second-order valence-electron chi connectivity index (χ2n) is 8.77. The fourth-order valence-corrected chi connectivity index (χ4v) is 5.56. The number of hydrogen-bond acceptors (Lipinski definition) is 6. The van der Waals surface area contributed by atoms with Crippen molar-refractivity contribution in [2.24, 2.45) is 0 Å². The number of amides is 2. The number of methoxy groups -OCH3 is 2. The molecular weight excluding hydrogens is 542 g/mol. The third kappa shape index (κ3) is 6.82. The van der Waals surface area contributed by atoms with Crippen LogP contribution in [0.25, 0.3) is 0 Å². The number of likely N-dealkylation sites (N-methyl/N-ethyl adjacent to an activating group) is 1. The highest BCUT2D eigenvalue weighted by Gasteiger charge is 2.34. The molecule has 0 radical (unpaired) electrons. The molecule has 0 aliphatic rings. The Morgan fingerprint density at radius 1 is 1.00 bits per heavy atom. The molecule has 0 saturated heterocycles. The molecule has 1 unspecified atom stereocenters. The summed E-state index contributed by atoms with van der Waals surface area (Å²) >= 11 is 6.36. The number of sulfonamides is 1. The zero-order valence-electron chi connectivity index (χ0n) is 22.5. The predicted molar refractivity (Wildman–Crippen MR) is 151 cm³/mol. The number of carbonyl (C=O) groups is 2. The maximum Gasteiger partial charge on any atom is 0.264 e. The zero-order chi connectivity index (χ0) is 28.7. The molecule has 9 nitrogen and oxygen atoms in total. The van der Waals surface area contributed by atoms with E-state index in [9.17, 15) is 18.0 Å². The molecule has 0 saturated carbocycles. The van der Waals surface area contributed by atoms with Gasteiger partial charge in [0, 0.05) is 24.7 Å². The summed E-state index contributed by atoms with van der Waals surface area (Å²) in [6.07, 6.45) is 0. The molecule has 0 heterocycles. The van der Waals surface area contributed by atoms with Gasteiger partial charge in [0.2, 0.25) is 11.8 Å². The number of halogens is 1. The number of carbonyl (C=O) groups excluding carboxylic acids is 2. The Labute approximate surface area is 234 Å². The van der Waals surface area contributed by atoms with Crippen LogP contribution in [-0.2, 0) is 26.2 Å². The van der Waals surface area contributed by atoms with Crippen LogP contribution < -0.4 is 19.1 Å². The van der Waals surface area contributed by atoms with Gasteiger partial charge in [0.15, 0.2) is 0 Å². The highest BCUT2D eigenvalue weighted by Crippen LogP contribution is 2.36. The molecule has 1 N–H and O–H groups in total. The maximum atomic E-state index is 14.0. The molecule has 0 aromatic heterocycles. The minimum Gasteiger partial charge on any atom is -0.497 e. The average Bonchev–Trinajstić information content (AvgIpc) is 2.94. The lowest BCUT2D eigenvalue weighted by molar-refractivity contribution is -0.139. The number of nitrogens with zero attached hydrogens (tertiary/aromatic N) is 2. The van der Waals surface area contributed by atoms with E-state index in [4.69, 9.17) is 21.1 Å². The van der Waals surface area contributed by atoms with E-state index >= 15 is 0 Å². The number of nitrogens with one attached hydrogen (secondary N) is 1. The van der Waals surface area contributed by atoms with Gasteiger partial charge in [-0.1, -0.05) is 47.5 Å². The van der Waals surface area contributed by atoms with E-state index in [0.717, 1.165) is 9.87 Å². The molecule has 1 atom stereocenters. The van der Waals surface area contributed by atoms with Gasteiger partial charge in [-0.15, -0.1) is 0 Å². The van der Waals surface area contributed by atoms with Crippen molar-refractivity contribution >= 4 is 39.1 Å². The fraction of sp³-hybridized carbons (Fsp3) is 0.286. The summed E-state index contributed by atoms with van der Waals surface area (Å²) in [6, 6.07) is 17.0. The summed E-state index contributed by atoms with van der Waals surface area (Å²) in [5.74, 6) is -0.445. The lowest BCUT2D eigenvalue weighted by Gasteiger charge is -2.32. The minimum atomic E-state index is -4.27. The molecule has 3 rings (SSSR count). The first-order valence-corrected chi connectivity index (χ1v) is 13.9. The van der Waals surface area contributed by atoms with Crippen LogP contribution in [0.3, 0.4) is 0 Å². The Hall–Kier alpha value is -3.76. The summed E-state index contributed by atoms with van der Waals surface area (Å²) < 4.78 is 39.8. The van der Waals surface area contributed by atoms with Crippen molar-refractivity contribution < 1.29 is 27.5 Å². The van der Waals surface area contributed by atoms with Gasteiger partial charge in [-0.2, -0.15) is 0 Å². The van der Waals surface area contributed by atoms with Crippen LogP contribution in [0.4, 0.5) is 5.69 Å². The number of anilines is 1. The second kappa shape index (κ2) is 12.9. The summed E-state index contributed by atoms with van der Waals surface area (Å²) in [4.78, 5) is 27.8. The number of benzene rings is 3. The fourth-order valence-electron chi connectivity index (χ4n) is 3.94. The van der Waals surface area contributed by atoms with Crippen molar-refractivity contribution in [1.82, 2.24) is 10.2 Å². The second-order valence-corrected chi connectivity index (χ2v) is 11.0. The van der Waals surface area contributed by atoms with Crippen molar-refractivity contribution in [3.8, 4) is 11.5 Å². The molecule has 39 heavy (non-hydrogen) atoms. The number of hydrogen-bond donors (Lipinski definition) is 1. The Balaban J connectivity index is 2.14. The van der Waals surface area contributed by atoms with Crippen LogP contribution in [-0.4, -0.2) is 59.0 Å². The zero-order valence-corrected chi connectivity index (χ0v) is 24.0. The quantitative estimate of drug-likeness (QED) is 0.371. The van der Waals surface area contributed by atoms with Crippen LogP contribution in [0.2, 0.25) is 5.02 Å². The summed E-state index contributed by atoms with van der Waals surface area (Å²) in [6.45, 7) is 2.78. The van der Waals surface area contributed by atoms with E-state index < -0.39 is 34.4 Å². The van der Waals surface area contributed by atoms with Crippen molar-refractivity contribution in [3.63, 3.8) is 0 Å². The van der Waals surface area contributed by atoms with Crippen molar-refractivity contribution in [2.45, 2.75) is 31.3 Å². The SMILES string of the molecule is CNC(=O)C(C)N(Cc1ccccc1Cl)C(=O)CN(c1cc(OC)ccc1OC)S(=O)(=O)c1ccc(C)cc1. The Morgan fingerprint density at radius 3 is 2.26 bits per heavy atom. The lowest BCUT2D eigenvalue weighted by Crippen LogP contribution is -2.50. The monoisotopic (exact) mass is 573 g/mol. The van der Waals surface area contributed by atoms with Gasteiger partial charge in [0.1, 0.15) is 24.1 Å². The molecule has 0 aliphatic heterocycles. The molecule has 0 fully saturated rings. The van der Waals surface area contributed by atoms with Crippen LogP contribution in [0.15, 0.2) is 71.6 Å². The van der Waals surface area contributed by atoms with E-state index in [-0.39, 0.29) is 22.9 Å². The molecule has 0 bridgehead atoms. The van der Waals surface area contributed by atoms with Crippen molar-refractivity contribution in [2.75, 3.05) is 32.1 Å². The molecule has 0 aliphatic carbocycles. The van der Waals surface area contributed by atoms with E-state index in [0.29, 0.717) is 16.3 Å². The average molecular weight is 574 g/mol. The normalized spacial score (nSPS) is 11.8. The highest BCUT2D eigenvalue weighted by atomic mass is 35.5. The molecule has 2 amide bonds. The van der Waals surface area contributed by atoms with E-state index in [1.807, 2.05) is 6.92 Å². The summed E-state index contributed by atoms with van der Waals surface area (Å²) in [7, 11) is 0.0529. The molecule has 0 spiro atoms. The van der Waals surface area contributed by atoms with Gasteiger partial charge in [0.25, 0.3) is 10.0 Å². The van der Waals surface area contributed by atoms with Crippen molar-refractivity contribution in [3.05, 3.63) is 82.9 Å². The van der Waals surface area contributed by atoms with Gasteiger partial charge in [0.05, 0.1) is 24.8 Å². The number of ether oxygens (including phenoxy) is 2. The van der Waals surface area contributed by atoms with Gasteiger partial charge in [-0.3, -0.25) is 13.9 Å². The predicted octanol–water partition coefficient (Wildman–Crippen LogP) is 4.02. The first-order chi connectivity index (χ1) is 18.5. The smallest absolute Gasteiger partial charge is 0.264 e. The Morgan fingerprint density at radius 2 is 1.67 bits per heavy atom. The first-order valence-electron chi connectivity index (χ1n) is 12.1. The van der Waals surface area contributed by atoms with Gasteiger partial charge in [-0.25, -0.2) is 8.42 Å². The lowest BCUT2D eigenvalue weighted by atomic mass is 10.1. The van der Waals surface area contributed by atoms with E-state index in [1.54, 1.807) is 55.5 Å². The summed E-state index contributed by atoms with van der Waals surface area (Å²) in [5.41, 5.74) is 1.59. The van der Waals surface area contributed by atoms with E-state index in [2.05, 4.69) is 5.32 Å². The maximum absolute atomic E-state index is 14.0. The van der Waals surface area contributed by atoms with Crippen LogP contribution in [0, 0.1) is 6.92 Å². The van der Waals surface area contributed by atoms with Gasteiger partial charge >= 0.3 is 0 Å². The molecule has 3 aromatic carbocycles. The third-order valence-corrected chi connectivity index (χ3v) is 8.40. The topological polar surface area (TPSA) is 105 Å². The molecule has 208 valence electrons. The van der Waals surface area contributed by atoms with Crippen LogP contribution in [0.1, 0.15) is 18.1 Å².